The van der Waals surface area contributed by atoms with Gasteiger partial charge in [-0.2, -0.15) is 0 Å². The molecule has 29 heavy (non-hydrogen) atoms. The molecule has 1 saturated heterocycles. The lowest BCUT2D eigenvalue weighted by molar-refractivity contribution is 0.178. The van der Waals surface area contributed by atoms with Crippen molar-refractivity contribution in [3.05, 3.63) is 58.9 Å². The molecular weight excluding hydrogens is 497 g/mol. The van der Waals surface area contributed by atoms with Gasteiger partial charge in [0.2, 0.25) is 0 Å². The fraction of sp³-hybridized carbons (Fsp3) is 0.500. The second kappa shape index (κ2) is 12.4. The van der Waals surface area contributed by atoms with E-state index in [1.54, 1.807) is 0 Å². The summed E-state index contributed by atoms with van der Waals surface area (Å²) in [4.78, 5) is 7.22. The number of guanidine groups is 1. The van der Waals surface area contributed by atoms with E-state index in [-0.39, 0.29) is 24.0 Å². The molecule has 2 heterocycles. The van der Waals surface area contributed by atoms with Gasteiger partial charge in [-0.1, -0.05) is 29.8 Å². The van der Waals surface area contributed by atoms with Gasteiger partial charge in [-0.25, -0.2) is 4.99 Å². The van der Waals surface area contributed by atoms with E-state index >= 15 is 0 Å². The normalized spacial score (nSPS) is 15.8. The minimum absolute atomic E-state index is 0. The molecule has 2 aromatic rings. The van der Waals surface area contributed by atoms with Crippen molar-refractivity contribution < 1.29 is 0 Å². The van der Waals surface area contributed by atoms with Crippen molar-refractivity contribution in [3.8, 4) is 0 Å². The molecule has 0 saturated carbocycles. The molecule has 1 aromatic carbocycles. The molecule has 1 fully saturated rings. The fourth-order valence-corrected chi connectivity index (χ4v) is 3.82. The molecule has 0 radical (unpaired) electrons. The lowest BCUT2D eigenvalue weighted by atomic mass is 9.96. The number of hydrogen-bond donors (Lipinski definition) is 2. The van der Waals surface area contributed by atoms with Crippen molar-refractivity contribution in [2.45, 2.75) is 32.9 Å². The first-order valence-corrected chi connectivity index (χ1v) is 10.6. The second-order valence-electron chi connectivity index (χ2n) is 7.57. The Hall–Kier alpha value is -1.25. The standard InChI is InChI=1S/C22H32ClN5.HI/c1-3-24-22(26-15-19-8-11-27(2)16-19)25-14-18-9-12-28(13-10-18)17-20-6-4-5-7-21(20)23;/h4-8,11,16,18H,3,9-10,12-15,17H2,1-2H3,(H2,24,25,26);1H. The van der Waals surface area contributed by atoms with Crippen LogP contribution in [0.2, 0.25) is 5.02 Å². The number of likely N-dealkylation sites (tertiary alicyclic amines) is 1. The molecular formula is C22H33ClIN5. The number of piperidine rings is 1. The second-order valence-corrected chi connectivity index (χ2v) is 7.98. The van der Waals surface area contributed by atoms with E-state index in [2.05, 4.69) is 57.6 Å². The summed E-state index contributed by atoms with van der Waals surface area (Å²) in [5, 5.41) is 7.76. The van der Waals surface area contributed by atoms with Crippen LogP contribution in [0.15, 0.2) is 47.7 Å². The largest absolute Gasteiger partial charge is 0.357 e. The van der Waals surface area contributed by atoms with Gasteiger partial charge in [-0.3, -0.25) is 4.90 Å². The Morgan fingerprint density at radius 3 is 2.59 bits per heavy atom. The van der Waals surface area contributed by atoms with Gasteiger partial charge in [-0.05, 0) is 62.0 Å². The maximum Gasteiger partial charge on any atom is 0.191 e. The number of nitrogens with zero attached hydrogens (tertiary/aromatic N) is 3. The molecule has 1 aliphatic rings. The van der Waals surface area contributed by atoms with Crippen LogP contribution in [0, 0.1) is 5.92 Å². The van der Waals surface area contributed by atoms with Gasteiger partial charge in [0, 0.05) is 44.1 Å². The van der Waals surface area contributed by atoms with E-state index in [1.165, 1.54) is 24.0 Å². The molecule has 0 aliphatic carbocycles. The predicted molar refractivity (Wildman–Crippen MR) is 133 cm³/mol. The summed E-state index contributed by atoms with van der Waals surface area (Å²) in [5.74, 6) is 1.59. The number of nitrogens with one attached hydrogen (secondary N) is 2. The highest BCUT2D eigenvalue weighted by Gasteiger charge is 2.20. The molecule has 3 rings (SSSR count). The summed E-state index contributed by atoms with van der Waals surface area (Å²) in [6.07, 6.45) is 6.58. The van der Waals surface area contributed by atoms with Crippen LogP contribution in [-0.2, 0) is 20.1 Å². The van der Waals surface area contributed by atoms with Crippen molar-refractivity contribution in [3.63, 3.8) is 0 Å². The van der Waals surface area contributed by atoms with Gasteiger partial charge in [0.1, 0.15) is 0 Å². The van der Waals surface area contributed by atoms with Gasteiger partial charge < -0.3 is 15.2 Å². The van der Waals surface area contributed by atoms with Crippen molar-refractivity contribution in [2.75, 3.05) is 26.2 Å². The molecule has 160 valence electrons. The lowest BCUT2D eigenvalue weighted by Crippen LogP contribution is -2.42. The molecule has 1 aromatic heterocycles. The highest BCUT2D eigenvalue weighted by atomic mass is 127. The van der Waals surface area contributed by atoms with Crippen LogP contribution in [0.5, 0.6) is 0 Å². The minimum Gasteiger partial charge on any atom is -0.357 e. The Kier molecular flexibility index (Phi) is 10.3. The average molecular weight is 530 g/mol. The van der Waals surface area contributed by atoms with Crippen LogP contribution in [0.3, 0.4) is 0 Å². The van der Waals surface area contributed by atoms with Gasteiger partial charge in [0.15, 0.2) is 5.96 Å². The summed E-state index contributed by atoms with van der Waals surface area (Å²) >= 11 is 6.30. The third-order valence-electron chi connectivity index (χ3n) is 5.27. The number of aryl methyl sites for hydroxylation is 1. The predicted octanol–water partition coefficient (Wildman–Crippen LogP) is 4.26. The summed E-state index contributed by atoms with van der Waals surface area (Å²) in [6.45, 7) is 7.84. The van der Waals surface area contributed by atoms with Crippen molar-refractivity contribution in [1.82, 2.24) is 20.1 Å². The van der Waals surface area contributed by atoms with Gasteiger partial charge in [0.25, 0.3) is 0 Å². The number of rotatable bonds is 7. The highest BCUT2D eigenvalue weighted by Crippen LogP contribution is 2.21. The first-order chi connectivity index (χ1) is 13.6. The molecule has 1 aliphatic heterocycles. The first kappa shape index (κ1) is 24.0. The maximum absolute atomic E-state index is 6.30. The third kappa shape index (κ3) is 7.83. The Morgan fingerprint density at radius 2 is 1.93 bits per heavy atom. The van der Waals surface area contributed by atoms with E-state index in [0.717, 1.165) is 43.7 Å². The zero-order valence-corrected chi connectivity index (χ0v) is 20.5. The van der Waals surface area contributed by atoms with Crippen molar-refractivity contribution in [1.29, 1.82) is 0 Å². The molecule has 2 N–H and O–H groups in total. The zero-order chi connectivity index (χ0) is 19.8. The summed E-state index contributed by atoms with van der Waals surface area (Å²) in [6, 6.07) is 10.3. The van der Waals surface area contributed by atoms with Gasteiger partial charge in [0.05, 0.1) is 6.54 Å². The van der Waals surface area contributed by atoms with E-state index in [1.807, 2.05) is 19.2 Å². The lowest BCUT2D eigenvalue weighted by Gasteiger charge is -2.32. The third-order valence-corrected chi connectivity index (χ3v) is 5.64. The molecule has 0 unspecified atom stereocenters. The zero-order valence-electron chi connectivity index (χ0n) is 17.4. The van der Waals surface area contributed by atoms with Gasteiger partial charge >= 0.3 is 0 Å². The molecule has 7 heteroatoms. The Morgan fingerprint density at radius 1 is 1.17 bits per heavy atom. The average Bonchev–Trinajstić information content (AvgIpc) is 3.12. The minimum atomic E-state index is 0. The number of benzene rings is 1. The maximum atomic E-state index is 6.30. The molecule has 0 bridgehead atoms. The first-order valence-electron chi connectivity index (χ1n) is 10.2. The number of aliphatic imine (C=N–C) groups is 1. The Bertz CT molecular complexity index is 768. The molecule has 0 amide bonds. The number of halogens is 2. The molecule has 5 nitrogen and oxygen atoms in total. The van der Waals surface area contributed by atoms with E-state index < -0.39 is 0 Å². The monoisotopic (exact) mass is 529 g/mol. The van der Waals surface area contributed by atoms with Crippen LogP contribution < -0.4 is 10.6 Å². The number of hydrogen-bond acceptors (Lipinski definition) is 2. The quantitative estimate of drug-likeness (QED) is 0.320. The van der Waals surface area contributed by atoms with E-state index in [9.17, 15) is 0 Å². The molecule has 0 spiro atoms. The Balaban J connectivity index is 0.00000300. The highest BCUT2D eigenvalue weighted by molar-refractivity contribution is 14.0. The fourth-order valence-electron chi connectivity index (χ4n) is 3.62. The topological polar surface area (TPSA) is 44.6 Å². The van der Waals surface area contributed by atoms with Crippen LogP contribution in [0.25, 0.3) is 0 Å². The Labute approximate surface area is 196 Å². The van der Waals surface area contributed by atoms with Crippen molar-refractivity contribution >= 4 is 41.5 Å². The van der Waals surface area contributed by atoms with Crippen molar-refractivity contribution in [2.24, 2.45) is 18.0 Å². The van der Waals surface area contributed by atoms with Crippen LogP contribution in [0.1, 0.15) is 30.9 Å². The van der Waals surface area contributed by atoms with E-state index in [0.29, 0.717) is 12.5 Å². The number of aromatic nitrogens is 1. The smallest absolute Gasteiger partial charge is 0.191 e. The van der Waals surface area contributed by atoms with Crippen LogP contribution >= 0.6 is 35.6 Å². The summed E-state index contributed by atoms with van der Waals surface area (Å²) < 4.78 is 2.06. The SMILES string of the molecule is CCNC(=NCc1ccn(C)c1)NCC1CCN(Cc2ccccc2Cl)CC1.I. The van der Waals surface area contributed by atoms with Crippen LogP contribution in [0.4, 0.5) is 0 Å². The molecule has 0 atom stereocenters. The van der Waals surface area contributed by atoms with E-state index in [4.69, 9.17) is 16.6 Å². The van der Waals surface area contributed by atoms with Gasteiger partial charge in [-0.15, -0.1) is 24.0 Å². The summed E-state index contributed by atoms with van der Waals surface area (Å²) in [7, 11) is 2.04. The van der Waals surface area contributed by atoms with Crippen LogP contribution in [-0.4, -0.2) is 41.6 Å². The summed E-state index contributed by atoms with van der Waals surface area (Å²) in [5.41, 5.74) is 2.45.